The summed E-state index contributed by atoms with van der Waals surface area (Å²) in [5, 5.41) is 2.26. The van der Waals surface area contributed by atoms with E-state index in [9.17, 15) is 31.9 Å². The number of carbonyl (C=O) groups excluding carboxylic acids is 1. The van der Waals surface area contributed by atoms with Gasteiger partial charge in [-0.1, -0.05) is 18.2 Å². The minimum atomic E-state index is -4.97. The van der Waals surface area contributed by atoms with Crippen molar-refractivity contribution in [1.82, 2.24) is 14.5 Å². The van der Waals surface area contributed by atoms with E-state index in [0.717, 1.165) is 12.1 Å². The van der Waals surface area contributed by atoms with Crippen LogP contribution in [0.2, 0.25) is 0 Å². The number of nitrogens with zero attached hydrogens (tertiary/aromatic N) is 2. The Morgan fingerprint density at radius 2 is 1.68 bits per heavy atom. The Morgan fingerprint density at radius 3 is 2.27 bits per heavy atom. The van der Waals surface area contributed by atoms with Crippen LogP contribution < -0.4 is 27.0 Å². The molecule has 2 aromatic carbocycles. The highest BCUT2D eigenvalue weighted by molar-refractivity contribution is 5.68. The first-order chi connectivity index (χ1) is 19.0. The molecule has 0 radical (unpaired) electrons. The average Bonchev–Trinajstić information content (AvgIpc) is 2.84. The van der Waals surface area contributed by atoms with E-state index in [1.165, 1.54) is 32.2 Å². The van der Waals surface area contributed by atoms with Crippen molar-refractivity contribution >= 4 is 6.09 Å². The van der Waals surface area contributed by atoms with E-state index in [4.69, 9.17) is 15.2 Å². The number of ether oxygens (including phenoxy) is 2. The molecule has 0 saturated heterocycles. The molecule has 1 aromatic heterocycles. The molecule has 0 fully saturated rings. The predicted molar refractivity (Wildman–Crippen MR) is 139 cm³/mol. The van der Waals surface area contributed by atoms with Gasteiger partial charge >= 0.3 is 18.0 Å². The van der Waals surface area contributed by atoms with Crippen LogP contribution in [0.3, 0.4) is 0 Å². The highest BCUT2D eigenvalue weighted by Gasteiger charge is 2.35. The number of rotatable bonds is 7. The largest absolute Gasteiger partial charge is 0.494 e. The fourth-order valence-corrected chi connectivity index (χ4v) is 4.16. The van der Waals surface area contributed by atoms with E-state index >= 15 is 4.39 Å². The summed E-state index contributed by atoms with van der Waals surface area (Å²) in [5.74, 6) is -2.48. The van der Waals surface area contributed by atoms with Crippen molar-refractivity contribution in [2.45, 2.75) is 58.7 Å². The molecule has 1 amide bonds. The Morgan fingerprint density at radius 1 is 1.05 bits per heavy atom. The first-order valence-electron chi connectivity index (χ1n) is 12.2. The van der Waals surface area contributed by atoms with E-state index in [-0.39, 0.29) is 17.0 Å². The average molecular weight is 585 g/mol. The molecule has 3 rings (SSSR count). The molecule has 3 aromatic rings. The number of nitrogens with one attached hydrogen (secondary N) is 1. The van der Waals surface area contributed by atoms with Gasteiger partial charge in [-0.2, -0.15) is 13.2 Å². The van der Waals surface area contributed by atoms with Crippen LogP contribution in [0, 0.1) is 18.6 Å². The van der Waals surface area contributed by atoms with Crippen LogP contribution in [0.25, 0.3) is 11.1 Å². The van der Waals surface area contributed by atoms with Gasteiger partial charge in [0.15, 0.2) is 11.6 Å². The molecule has 0 saturated carbocycles. The van der Waals surface area contributed by atoms with Crippen molar-refractivity contribution in [3.8, 4) is 16.9 Å². The van der Waals surface area contributed by atoms with E-state index in [1.54, 1.807) is 20.8 Å². The number of nitrogens with two attached hydrogens (primary N) is 1. The van der Waals surface area contributed by atoms with Crippen molar-refractivity contribution in [1.29, 1.82) is 0 Å². The predicted octanol–water partition coefficient (Wildman–Crippen LogP) is 4.15. The Bertz CT molecular complexity index is 1570. The number of halogens is 5. The lowest BCUT2D eigenvalue weighted by Gasteiger charge is -2.23. The van der Waals surface area contributed by atoms with E-state index in [0.29, 0.717) is 15.2 Å². The second kappa shape index (κ2) is 11.7. The fraction of sp³-hybridized carbons (Fsp3) is 0.370. The highest BCUT2D eigenvalue weighted by atomic mass is 19.4. The lowest BCUT2D eigenvalue weighted by atomic mass is 10.0. The number of carbonyl (C=O) groups is 1. The molecule has 0 aliphatic heterocycles. The van der Waals surface area contributed by atoms with Crippen molar-refractivity contribution in [2.24, 2.45) is 5.73 Å². The quantitative estimate of drug-likeness (QED) is 0.318. The van der Waals surface area contributed by atoms with Gasteiger partial charge in [-0.05, 0) is 45.9 Å². The first kappa shape index (κ1) is 31.3. The third-order valence-electron chi connectivity index (χ3n) is 5.96. The zero-order valence-corrected chi connectivity index (χ0v) is 22.9. The second-order valence-corrected chi connectivity index (χ2v) is 10.1. The van der Waals surface area contributed by atoms with Crippen molar-refractivity contribution in [3.63, 3.8) is 0 Å². The summed E-state index contributed by atoms with van der Waals surface area (Å²) in [6, 6.07) is 6.17. The van der Waals surface area contributed by atoms with Crippen molar-refractivity contribution in [3.05, 3.63) is 85.7 Å². The third kappa shape index (κ3) is 6.93. The van der Waals surface area contributed by atoms with Gasteiger partial charge in [0, 0.05) is 16.8 Å². The molecule has 0 bridgehead atoms. The third-order valence-corrected chi connectivity index (χ3v) is 5.96. The van der Waals surface area contributed by atoms with Gasteiger partial charge in [0.2, 0.25) is 0 Å². The second-order valence-electron chi connectivity index (χ2n) is 10.1. The number of alkyl carbamates (subject to hydrolysis) is 1. The van der Waals surface area contributed by atoms with Crippen molar-refractivity contribution < 1.29 is 36.2 Å². The number of hydrogen-bond acceptors (Lipinski definition) is 6. The molecule has 0 spiro atoms. The Balaban J connectivity index is 2.26. The minimum absolute atomic E-state index is 0.242. The van der Waals surface area contributed by atoms with Crippen LogP contribution in [0.5, 0.6) is 5.75 Å². The van der Waals surface area contributed by atoms with Crippen LogP contribution in [-0.4, -0.2) is 34.1 Å². The molecule has 0 aliphatic rings. The normalized spacial score (nSPS) is 12.7. The minimum Gasteiger partial charge on any atom is -0.494 e. The molecule has 3 N–H and O–H groups in total. The first-order valence-corrected chi connectivity index (χ1v) is 12.2. The molecule has 41 heavy (non-hydrogen) atoms. The molecule has 0 unspecified atom stereocenters. The number of hydrogen-bond donors (Lipinski definition) is 2. The topological polar surface area (TPSA) is 118 Å². The Kier molecular flexibility index (Phi) is 8.96. The van der Waals surface area contributed by atoms with Crippen molar-refractivity contribution in [2.75, 3.05) is 7.11 Å². The number of aromatic nitrogens is 2. The molecular formula is C27H29F5N4O5. The molecule has 9 nitrogen and oxygen atoms in total. The van der Waals surface area contributed by atoms with E-state index < -0.39 is 76.7 Å². The van der Waals surface area contributed by atoms with Crippen LogP contribution >= 0.6 is 0 Å². The zero-order valence-electron chi connectivity index (χ0n) is 22.9. The van der Waals surface area contributed by atoms with E-state index in [1.807, 2.05) is 0 Å². The summed E-state index contributed by atoms with van der Waals surface area (Å²) in [7, 11) is 1.19. The highest BCUT2D eigenvalue weighted by Crippen LogP contribution is 2.34. The van der Waals surface area contributed by atoms with Gasteiger partial charge < -0.3 is 20.5 Å². The standard InChI is InChI=1S/C27H29F5N4O5/c1-14-21(15-8-6-11-19(40-5)22(15)29)23(37)36(13-20(33)34-24(38)41-26(2,3)4)25(39)35(14)12-16-17(27(30,31)32)9-7-10-18(16)28/h6-11,20H,12-13,33H2,1-5H3,(H,34,38)/t20-/m0/s1. The summed E-state index contributed by atoms with van der Waals surface area (Å²) < 4.78 is 82.6. The Labute approximate surface area is 231 Å². The monoisotopic (exact) mass is 584 g/mol. The van der Waals surface area contributed by atoms with Gasteiger partial charge in [-0.15, -0.1) is 0 Å². The van der Waals surface area contributed by atoms with Gasteiger partial charge in [0.25, 0.3) is 5.56 Å². The fourth-order valence-electron chi connectivity index (χ4n) is 4.16. The van der Waals surface area contributed by atoms with Gasteiger partial charge in [0.05, 0.1) is 37.5 Å². The molecular weight excluding hydrogens is 555 g/mol. The lowest BCUT2D eigenvalue weighted by molar-refractivity contribution is -0.138. The number of methoxy groups -OCH3 is 1. The van der Waals surface area contributed by atoms with Crippen LogP contribution in [0.4, 0.5) is 26.7 Å². The summed E-state index contributed by atoms with van der Waals surface area (Å²) in [6.07, 6.45) is -7.33. The lowest BCUT2D eigenvalue weighted by Crippen LogP contribution is -2.52. The smallest absolute Gasteiger partial charge is 0.416 e. The summed E-state index contributed by atoms with van der Waals surface area (Å²) in [4.78, 5) is 39.3. The number of benzene rings is 2. The van der Waals surface area contributed by atoms with Gasteiger partial charge in [-0.25, -0.2) is 18.4 Å². The zero-order chi connectivity index (χ0) is 30.9. The van der Waals surface area contributed by atoms with Crippen LogP contribution in [0.15, 0.2) is 46.0 Å². The summed E-state index contributed by atoms with van der Waals surface area (Å²) in [5.41, 5.74) is -0.352. The summed E-state index contributed by atoms with van der Waals surface area (Å²) >= 11 is 0. The Hall–Kier alpha value is -4.20. The summed E-state index contributed by atoms with van der Waals surface area (Å²) in [6.45, 7) is 4.35. The maximum atomic E-state index is 15.3. The maximum absolute atomic E-state index is 15.3. The maximum Gasteiger partial charge on any atom is 0.416 e. The molecule has 1 heterocycles. The number of amides is 1. The van der Waals surface area contributed by atoms with Crippen LogP contribution in [0.1, 0.15) is 37.6 Å². The number of alkyl halides is 3. The molecule has 14 heteroatoms. The van der Waals surface area contributed by atoms with Crippen LogP contribution in [-0.2, 0) is 24.0 Å². The molecule has 222 valence electrons. The molecule has 1 atom stereocenters. The SMILES string of the molecule is COc1cccc(-c2c(C)n(Cc3c(F)cccc3C(F)(F)F)c(=O)n(C[C@@H](N)NC(=O)OC(C)(C)C)c2=O)c1F. The van der Waals surface area contributed by atoms with E-state index in [2.05, 4.69) is 5.32 Å². The molecule has 0 aliphatic carbocycles. The van der Waals surface area contributed by atoms with Gasteiger partial charge in [-0.3, -0.25) is 13.9 Å². The van der Waals surface area contributed by atoms with Gasteiger partial charge in [0.1, 0.15) is 11.4 Å².